The van der Waals surface area contributed by atoms with E-state index in [2.05, 4.69) is 20.8 Å². The summed E-state index contributed by atoms with van der Waals surface area (Å²) >= 11 is 0. The minimum atomic E-state index is -4.39. The first kappa shape index (κ1) is 13.5. The molecule has 0 amide bonds. The van der Waals surface area contributed by atoms with E-state index in [1.54, 1.807) is 7.05 Å². The zero-order valence-electron chi connectivity index (χ0n) is 10.3. The highest BCUT2D eigenvalue weighted by Gasteiger charge is 2.30. The van der Waals surface area contributed by atoms with Gasteiger partial charge in [-0.05, 0) is 42.6 Å². The molecule has 1 aromatic heterocycles. The molecule has 0 aliphatic carbocycles. The first-order valence-electron chi connectivity index (χ1n) is 5.56. The van der Waals surface area contributed by atoms with Gasteiger partial charge in [0.2, 0.25) is 0 Å². The summed E-state index contributed by atoms with van der Waals surface area (Å²) in [6.07, 6.45) is -4.39. The number of rotatable bonds is 3. The van der Waals surface area contributed by atoms with Crippen LogP contribution in [0.5, 0.6) is 0 Å². The van der Waals surface area contributed by atoms with Gasteiger partial charge >= 0.3 is 6.18 Å². The molecule has 5 nitrogen and oxygen atoms in total. The summed E-state index contributed by atoms with van der Waals surface area (Å²) in [5.41, 5.74) is -0.458. The third-order valence-corrected chi connectivity index (χ3v) is 2.73. The van der Waals surface area contributed by atoms with Crippen LogP contribution in [0.1, 0.15) is 24.4 Å². The van der Waals surface area contributed by atoms with Gasteiger partial charge in [0.25, 0.3) is 0 Å². The van der Waals surface area contributed by atoms with E-state index in [-0.39, 0.29) is 11.7 Å². The molecule has 8 heteroatoms. The maximum absolute atomic E-state index is 12.7. The van der Waals surface area contributed by atoms with E-state index in [4.69, 9.17) is 0 Å². The lowest BCUT2D eigenvalue weighted by Crippen LogP contribution is -2.18. The van der Waals surface area contributed by atoms with Gasteiger partial charge in [0.15, 0.2) is 5.82 Å². The summed E-state index contributed by atoms with van der Waals surface area (Å²) in [5, 5.41) is 14.0. The Morgan fingerprint density at radius 1 is 1.32 bits per heavy atom. The summed E-state index contributed by atoms with van der Waals surface area (Å²) in [7, 11) is 1.72. The van der Waals surface area contributed by atoms with Gasteiger partial charge in [-0.25, -0.2) is 0 Å². The van der Waals surface area contributed by atoms with Crippen molar-refractivity contribution in [1.29, 1.82) is 0 Å². The molecule has 0 aliphatic rings. The molecule has 1 N–H and O–H groups in total. The van der Waals surface area contributed by atoms with Crippen molar-refractivity contribution in [2.75, 3.05) is 7.05 Å². The molecule has 19 heavy (non-hydrogen) atoms. The first-order valence-corrected chi connectivity index (χ1v) is 5.56. The summed E-state index contributed by atoms with van der Waals surface area (Å²) in [5.74, 6) is 0.446. The van der Waals surface area contributed by atoms with Gasteiger partial charge in [-0.1, -0.05) is 6.07 Å². The van der Waals surface area contributed by atoms with Crippen LogP contribution in [0.25, 0.3) is 5.69 Å². The van der Waals surface area contributed by atoms with Gasteiger partial charge in [0, 0.05) is 0 Å². The number of alkyl halides is 3. The lowest BCUT2D eigenvalue weighted by Gasteiger charge is -2.12. The van der Waals surface area contributed by atoms with Crippen molar-refractivity contribution < 1.29 is 13.2 Å². The minimum absolute atomic E-state index is 0.176. The molecule has 1 atom stereocenters. The van der Waals surface area contributed by atoms with E-state index in [1.165, 1.54) is 16.8 Å². The van der Waals surface area contributed by atoms with E-state index < -0.39 is 11.7 Å². The van der Waals surface area contributed by atoms with Crippen LogP contribution in [0, 0.1) is 0 Å². The normalized spacial score (nSPS) is 13.5. The fraction of sp³-hybridized carbons (Fsp3) is 0.364. The van der Waals surface area contributed by atoms with Gasteiger partial charge in [-0.3, -0.25) is 0 Å². The van der Waals surface area contributed by atoms with E-state index in [1.807, 2.05) is 6.92 Å². The van der Waals surface area contributed by atoms with E-state index in [9.17, 15) is 13.2 Å². The Morgan fingerprint density at radius 2 is 2.05 bits per heavy atom. The fourth-order valence-electron chi connectivity index (χ4n) is 1.59. The molecule has 2 aromatic rings. The predicted octanol–water partition coefficient (Wildman–Crippen LogP) is 1.96. The molecule has 0 spiro atoms. The Bertz CT molecular complexity index is 563. The number of hydrogen-bond donors (Lipinski definition) is 1. The molecular formula is C11H12F3N5. The molecule has 102 valence electrons. The first-order chi connectivity index (χ1) is 8.93. The Kier molecular flexibility index (Phi) is 3.52. The van der Waals surface area contributed by atoms with Crippen LogP contribution in [0.3, 0.4) is 0 Å². The highest BCUT2D eigenvalue weighted by molar-refractivity contribution is 5.36. The third kappa shape index (κ3) is 2.73. The number of hydrogen-bond acceptors (Lipinski definition) is 4. The molecular weight excluding hydrogens is 259 g/mol. The Morgan fingerprint density at radius 3 is 2.68 bits per heavy atom. The molecule has 2 rings (SSSR count). The van der Waals surface area contributed by atoms with Crippen LogP contribution in [0.4, 0.5) is 13.2 Å². The van der Waals surface area contributed by atoms with Crippen molar-refractivity contribution in [3.63, 3.8) is 0 Å². The van der Waals surface area contributed by atoms with Crippen LogP contribution in [-0.4, -0.2) is 27.3 Å². The third-order valence-electron chi connectivity index (χ3n) is 2.73. The number of nitrogens with one attached hydrogen (secondary N) is 1. The highest BCUT2D eigenvalue weighted by Crippen LogP contribution is 2.30. The monoisotopic (exact) mass is 271 g/mol. The van der Waals surface area contributed by atoms with Crippen molar-refractivity contribution in [2.45, 2.75) is 19.1 Å². The topological polar surface area (TPSA) is 55.6 Å². The van der Waals surface area contributed by atoms with E-state index >= 15 is 0 Å². The maximum atomic E-state index is 12.7. The average molecular weight is 271 g/mol. The second-order valence-electron chi connectivity index (χ2n) is 4.01. The van der Waals surface area contributed by atoms with Crippen molar-refractivity contribution in [1.82, 2.24) is 25.5 Å². The molecule has 1 heterocycles. The lowest BCUT2D eigenvalue weighted by atomic mass is 10.2. The van der Waals surface area contributed by atoms with Crippen LogP contribution < -0.4 is 5.32 Å². The van der Waals surface area contributed by atoms with Gasteiger partial charge < -0.3 is 5.32 Å². The number of halogens is 3. The SMILES string of the molecule is CNC(C)c1nnnn1-c1cccc(C(F)(F)F)c1. The Labute approximate surface area is 107 Å². The van der Waals surface area contributed by atoms with Crippen LogP contribution >= 0.6 is 0 Å². The van der Waals surface area contributed by atoms with Crippen molar-refractivity contribution >= 4 is 0 Å². The second-order valence-corrected chi connectivity index (χ2v) is 4.01. The van der Waals surface area contributed by atoms with Crippen LogP contribution in [0.15, 0.2) is 24.3 Å². The second kappa shape index (κ2) is 4.96. The summed E-state index contributed by atoms with van der Waals surface area (Å²) in [6.45, 7) is 1.82. The summed E-state index contributed by atoms with van der Waals surface area (Å²) in [6, 6.07) is 4.70. The minimum Gasteiger partial charge on any atom is -0.311 e. The molecule has 0 saturated carbocycles. The fourth-order valence-corrected chi connectivity index (χ4v) is 1.59. The van der Waals surface area contributed by atoms with Gasteiger partial charge in [-0.15, -0.1) is 5.10 Å². The van der Waals surface area contributed by atoms with Gasteiger partial charge in [-0.2, -0.15) is 17.9 Å². The van der Waals surface area contributed by atoms with Crippen LogP contribution in [0.2, 0.25) is 0 Å². The van der Waals surface area contributed by atoms with Crippen molar-refractivity contribution in [3.05, 3.63) is 35.7 Å². The number of aromatic nitrogens is 4. The Hall–Kier alpha value is -1.96. The standard InChI is InChI=1S/C11H12F3N5/c1-7(15-2)10-16-17-18-19(10)9-5-3-4-8(6-9)11(12,13)14/h3-7,15H,1-2H3. The quantitative estimate of drug-likeness (QED) is 0.927. The highest BCUT2D eigenvalue weighted by atomic mass is 19.4. The largest absolute Gasteiger partial charge is 0.416 e. The van der Waals surface area contributed by atoms with Crippen molar-refractivity contribution in [2.24, 2.45) is 0 Å². The zero-order valence-corrected chi connectivity index (χ0v) is 10.3. The maximum Gasteiger partial charge on any atom is 0.416 e. The van der Waals surface area contributed by atoms with Gasteiger partial charge in [0.05, 0.1) is 17.3 Å². The molecule has 0 bridgehead atoms. The summed E-state index contributed by atoms with van der Waals surface area (Å²) < 4.78 is 39.3. The van der Waals surface area contributed by atoms with E-state index in [0.717, 1.165) is 12.1 Å². The average Bonchev–Trinajstić information content (AvgIpc) is 2.86. The zero-order chi connectivity index (χ0) is 14.0. The number of tetrazole rings is 1. The lowest BCUT2D eigenvalue weighted by molar-refractivity contribution is -0.137. The molecule has 0 saturated heterocycles. The summed E-state index contributed by atoms with van der Waals surface area (Å²) in [4.78, 5) is 0. The number of nitrogens with zero attached hydrogens (tertiary/aromatic N) is 4. The molecule has 1 aromatic carbocycles. The smallest absolute Gasteiger partial charge is 0.311 e. The predicted molar refractivity (Wildman–Crippen MR) is 61.6 cm³/mol. The van der Waals surface area contributed by atoms with Gasteiger partial charge in [0.1, 0.15) is 0 Å². The van der Waals surface area contributed by atoms with E-state index in [0.29, 0.717) is 5.82 Å². The molecule has 0 aliphatic heterocycles. The van der Waals surface area contributed by atoms with Crippen molar-refractivity contribution in [3.8, 4) is 5.69 Å². The Balaban J connectivity index is 2.46. The number of benzene rings is 1. The molecule has 0 radical (unpaired) electrons. The van der Waals surface area contributed by atoms with Crippen LogP contribution in [-0.2, 0) is 6.18 Å². The molecule has 1 unspecified atom stereocenters. The molecule has 0 fully saturated rings.